The van der Waals surface area contributed by atoms with E-state index in [2.05, 4.69) is 15.6 Å². The molecule has 5 rings (SSSR count). The maximum Gasteiger partial charge on any atom is 0.295 e. The Morgan fingerprint density at radius 1 is 1.03 bits per heavy atom. The maximum atomic E-state index is 13.6. The molecule has 0 aliphatic carbocycles. The van der Waals surface area contributed by atoms with Gasteiger partial charge in [-0.3, -0.25) is 19.1 Å². The van der Waals surface area contributed by atoms with Crippen molar-refractivity contribution in [2.75, 3.05) is 5.32 Å². The summed E-state index contributed by atoms with van der Waals surface area (Å²) in [6, 6.07) is 19.6. The van der Waals surface area contributed by atoms with Gasteiger partial charge in [0.15, 0.2) is 0 Å². The molecule has 0 radical (unpaired) electrons. The van der Waals surface area contributed by atoms with E-state index in [0.717, 1.165) is 16.5 Å². The van der Waals surface area contributed by atoms with Crippen LogP contribution in [0, 0.1) is 6.92 Å². The molecule has 0 saturated heterocycles. The van der Waals surface area contributed by atoms with Gasteiger partial charge >= 0.3 is 0 Å². The van der Waals surface area contributed by atoms with Crippen LogP contribution in [0.15, 0.2) is 83.1 Å². The van der Waals surface area contributed by atoms with Crippen LogP contribution in [0.25, 0.3) is 16.6 Å². The molecule has 0 spiro atoms. The second-order valence-corrected chi connectivity index (χ2v) is 9.44. The Morgan fingerprint density at radius 3 is 2.53 bits per heavy atom. The molecule has 182 valence electrons. The first-order chi connectivity index (χ1) is 17.4. The smallest absolute Gasteiger partial charge is 0.295 e. The lowest BCUT2D eigenvalue weighted by atomic mass is 10.0. The van der Waals surface area contributed by atoms with Crippen LogP contribution in [0.4, 0.5) is 5.69 Å². The molecule has 0 unspecified atom stereocenters. The van der Waals surface area contributed by atoms with Crippen LogP contribution in [0.2, 0.25) is 0 Å². The average Bonchev–Trinajstić information content (AvgIpc) is 3.61. The van der Waals surface area contributed by atoms with Crippen LogP contribution in [-0.4, -0.2) is 32.2 Å². The Labute approximate surface area is 211 Å². The molecule has 3 N–H and O–H groups in total. The Balaban J connectivity index is 1.47. The van der Waals surface area contributed by atoms with Crippen LogP contribution < -0.4 is 16.2 Å². The van der Waals surface area contributed by atoms with Gasteiger partial charge in [-0.15, -0.1) is 11.3 Å². The zero-order chi connectivity index (χ0) is 25.2. The number of nitrogens with zero attached hydrogens (tertiary/aromatic N) is 2. The number of anilines is 1. The van der Waals surface area contributed by atoms with Crippen molar-refractivity contribution >= 4 is 39.7 Å². The molecule has 3 aromatic heterocycles. The fraction of sp³-hybridized carbons (Fsp3) is 0.148. The summed E-state index contributed by atoms with van der Waals surface area (Å²) in [4.78, 5) is 43.5. The predicted molar refractivity (Wildman–Crippen MR) is 142 cm³/mol. The number of fused-ring (bicyclic) bond motifs is 1. The predicted octanol–water partition coefficient (Wildman–Crippen LogP) is 4.01. The fourth-order valence-electron chi connectivity index (χ4n) is 4.29. The fourth-order valence-corrected chi connectivity index (χ4v) is 4.92. The minimum Gasteiger partial charge on any atom is -0.361 e. The van der Waals surface area contributed by atoms with Gasteiger partial charge < -0.3 is 15.6 Å². The number of carbonyl (C=O) groups excluding carboxylic acids is 2. The molecule has 0 aliphatic rings. The van der Waals surface area contributed by atoms with Crippen LogP contribution in [0.5, 0.6) is 0 Å². The summed E-state index contributed by atoms with van der Waals surface area (Å²) in [5.41, 5.74) is 2.97. The summed E-state index contributed by atoms with van der Waals surface area (Å²) in [6.07, 6.45) is 2.10. The number of carbonyl (C=O) groups is 2. The normalized spacial score (nSPS) is 11.9. The lowest BCUT2D eigenvalue weighted by molar-refractivity contribution is -0.118. The number of amides is 2. The molecule has 0 fully saturated rings. The number of hydrogen-bond acceptors (Lipinski definition) is 4. The SMILES string of the molecule is Cc1c(NC(=O)[C@H](Cc2c[nH]c3ccccc23)NC(=O)c2cccs2)c(=O)n(-c2ccccc2)n1C. The zero-order valence-corrected chi connectivity index (χ0v) is 20.6. The molecule has 3 heterocycles. The maximum absolute atomic E-state index is 13.6. The van der Waals surface area contributed by atoms with Crippen molar-refractivity contribution in [3.8, 4) is 5.69 Å². The highest BCUT2D eigenvalue weighted by molar-refractivity contribution is 7.12. The van der Waals surface area contributed by atoms with Crippen LogP contribution in [0.1, 0.15) is 20.9 Å². The molecule has 36 heavy (non-hydrogen) atoms. The van der Waals surface area contributed by atoms with Crippen molar-refractivity contribution in [3.63, 3.8) is 0 Å². The highest BCUT2D eigenvalue weighted by atomic mass is 32.1. The third-order valence-corrected chi connectivity index (χ3v) is 7.14. The minimum absolute atomic E-state index is 0.181. The average molecular weight is 500 g/mol. The third-order valence-electron chi connectivity index (χ3n) is 6.27. The summed E-state index contributed by atoms with van der Waals surface area (Å²) < 4.78 is 3.20. The Hall–Kier alpha value is -4.37. The van der Waals surface area contributed by atoms with Gasteiger partial charge in [-0.1, -0.05) is 42.5 Å². The molecular formula is C27H25N5O3S. The van der Waals surface area contributed by atoms with Gasteiger partial charge in [0, 0.05) is 30.6 Å². The number of aromatic amines is 1. The summed E-state index contributed by atoms with van der Waals surface area (Å²) in [7, 11) is 1.77. The van der Waals surface area contributed by atoms with E-state index in [9.17, 15) is 14.4 Å². The van der Waals surface area contributed by atoms with Gasteiger partial charge in [-0.25, -0.2) is 4.68 Å². The first-order valence-electron chi connectivity index (χ1n) is 11.5. The van der Waals surface area contributed by atoms with Gasteiger partial charge in [0.1, 0.15) is 11.7 Å². The number of H-pyrrole nitrogens is 1. The largest absolute Gasteiger partial charge is 0.361 e. The standard InChI is InChI=1S/C27H25N5O3S/c1-17-24(27(35)32(31(17)2)19-9-4-3-5-10-19)30-25(33)22(29-26(34)23-13-8-14-36-23)15-18-16-28-21-12-7-6-11-20(18)21/h3-14,16,22,28H,15H2,1-2H3,(H,29,34)(H,30,33)/t22-/m0/s1. The molecule has 2 amide bonds. The molecule has 2 aromatic carbocycles. The first kappa shape index (κ1) is 23.4. The van der Waals surface area contributed by atoms with E-state index in [4.69, 9.17) is 0 Å². The number of nitrogens with one attached hydrogen (secondary N) is 3. The van der Waals surface area contributed by atoms with E-state index < -0.39 is 11.9 Å². The Bertz CT molecular complexity index is 1600. The van der Waals surface area contributed by atoms with E-state index in [1.54, 1.807) is 30.8 Å². The van der Waals surface area contributed by atoms with Crippen molar-refractivity contribution in [2.45, 2.75) is 19.4 Å². The van der Waals surface area contributed by atoms with Gasteiger partial charge in [-0.05, 0) is 42.1 Å². The number of thiophene rings is 1. The van der Waals surface area contributed by atoms with Crippen LogP contribution in [0.3, 0.4) is 0 Å². The minimum atomic E-state index is -0.900. The van der Waals surface area contributed by atoms with Gasteiger partial charge in [0.25, 0.3) is 11.5 Å². The highest BCUT2D eigenvalue weighted by Gasteiger charge is 2.26. The highest BCUT2D eigenvalue weighted by Crippen LogP contribution is 2.21. The zero-order valence-electron chi connectivity index (χ0n) is 19.8. The monoisotopic (exact) mass is 499 g/mol. The Morgan fingerprint density at radius 2 is 1.78 bits per heavy atom. The van der Waals surface area contributed by atoms with E-state index >= 15 is 0 Å². The molecule has 8 nitrogen and oxygen atoms in total. The van der Waals surface area contributed by atoms with Crippen LogP contribution in [-0.2, 0) is 18.3 Å². The summed E-state index contributed by atoms with van der Waals surface area (Å²) in [6.45, 7) is 1.77. The number of benzene rings is 2. The molecular weight excluding hydrogens is 474 g/mol. The topological polar surface area (TPSA) is 101 Å². The second kappa shape index (κ2) is 9.71. The third kappa shape index (κ3) is 4.36. The van der Waals surface area contributed by atoms with Crippen molar-refractivity contribution in [1.29, 1.82) is 0 Å². The molecule has 0 aliphatic heterocycles. The number of hydrogen-bond donors (Lipinski definition) is 3. The number of aromatic nitrogens is 3. The van der Waals surface area contributed by atoms with E-state index in [1.165, 1.54) is 16.0 Å². The first-order valence-corrected chi connectivity index (χ1v) is 12.4. The lowest BCUT2D eigenvalue weighted by Crippen LogP contribution is -2.45. The van der Waals surface area contributed by atoms with Crippen molar-refractivity contribution in [3.05, 3.63) is 105 Å². The number of para-hydroxylation sites is 2. The molecule has 0 saturated carbocycles. The van der Waals surface area contributed by atoms with Crippen molar-refractivity contribution in [2.24, 2.45) is 7.05 Å². The van der Waals surface area contributed by atoms with Crippen LogP contribution >= 0.6 is 11.3 Å². The van der Waals surface area contributed by atoms with Gasteiger partial charge in [0.05, 0.1) is 16.3 Å². The molecule has 5 aromatic rings. The number of rotatable bonds is 7. The van der Waals surface area contributed by atoms with Crippen molar-refractivity contribution < 1.29 is 9.59 Å². The second-order valence-electron chi connectivity index (χ2n) is 8.49. The molecule has 9 heteroatoms. The summed E-state index contributed by atoms with van der Waals surface area (Å²) >= 11 is 1.30. The molecule has 0 bridgehead atoms. The lowest BCUT2D eigenvalue weighted by Gasteiger charge is -2.18. The summed E-state index contributed by atoms with van der Waals surface area (Å²) in [5, 5.41) is 8.45. The van der Waals surface area contributed by atoms with E-state index in [1.807, 2.05) is 66.2 Å². The van der Waals surface area contributed by atoms with Gasteiger partial charge in [0.2, 0.25) is 5.91 Å². The van der Waals surface area contributed by atoms with E-state index in [-0.39, 0.29) is 23.6 Å². The quantitative estimate of drug-likeness (QED) is 0.315. The van der Waals surface area contributed by atoms with Gasteiger partial charge in [-0.2, -0.15) is 0 Å². The Kier molecular flexibility index (Phi) is 6.30. The van der Waals surface area contributed by atoms with Crippen molar-refractivity contribution in [1.82, 2.24) is 19.7 Å². The summed E-state index contributed by atoms with van der Waals surface area (Å²) in [5.74, 6) is -0.798. The van der Waals surface area contributed by atoms with E-state index in [0.29, 0.717) is 16.3 Å². The molecule has 1 atom stereocenters.